The highest BCUT2D eigenvalue weighted by Crippen LogP contribution is 2.15. The predicted molar refractivity (Wildman–Crippen MR) is 75.0 cm³/mol. The van der Waals surface area contributed by atoms with E-state index < -0.39 is 24.2 Å². The molecule has 2 aromatic carbocycles. The molecule has 3 rings (SSSR count). The zero-order chi connectivity index (χ0) is 15.5. The number of hydrogen-bond acceptors (Lipinski definition) is 5. The van der Waals surface area contributed by atoms with Gasteiger partial charge in [-0.2, -0.15) is 0 Å². The predicted octanol–water partition coefficient (Wildman–Crippen LogP) is 3.01. The van der Waals surface area contributed by atoms with Crippen LogP contribution in [0.1, 0.15) is 20.7 Å². The molecule has 0 saturated carbocycles. The molecule has 0 bridgehead atoms. The van der Waals surface area contributed by atoms with Crippen LogP contribution in [-0.4, -0.2) is 23.3 Å². The van der Waals surface area contributed by atoms with Crippen molar-refractivity contribution in [1.29, 1.82) is 0 Å². The van der Waals surface area contributed by atoms with Gasteiger partial charge in [-0.05, 0) is 42.5 Å². The SMILES string of the molecule is O=C(COC(=O)c1ccc2ocnc2c1)c1ccc(F)cc1. The first-order valence-corrected chi connectivity index (χ1v) is 6.42. The lowest BCUT2D eigenvalue weighted by molar-refractivity contribution is 0.0475. The summed E-state index contributed by atoms with van der Waals surface area (Å²) in [5.74, 6) is -1.48. The van der Waals surface area contributed by atoms with Gasteiger partial charge in [-0.15, -0.1) is 0 Å². The highest BCUT2D eigenvalue weighted by atomic mass is 19.1. The average molecular weight is 299 g/mol. The van der Waals surface area contributed by atoms with E-state index in [-0.39, 0.29) is 11.1 Å². The van der Waals surface area contributed by atoms with Gasteiger partial charge >= 0.3 is 5.97 Å². The minimum atomic E-state index is -0.639. The standard InChI is InChI=1S/C16H10FNO4/c17-12-4-1-10(2-5-12)14(19)8-21-16(20)11-3-6-15-13(7-11)18-9-22-15/h1-7,9H,8H2. The highest BCUT2D eigenvalue weighted by molar-refractivity contribution is 5.99. The first kappa shape index (κ1) is 13.9. The number of hydrogen-bond donors (Lipinski definition) is 0. The Hall–Kier alpha value is -3.02. The molecule has 0 saturated heterocycles. The molecule has 0 radical (unpaired) electrons. The van der Waals surface area contributed by atoms with Crippen LogP contribution in [0.4, 0.5) is 4.39 Å². The fraction of sp³-hybridized carbons (Fsp3) is 0.0625. The molecule has 1 aromatic heterocycles. The summed E-state index contributed by atoms with van der Waals surface area (Å²) in [6, 6.07) is 9.67. The molecular weight excluding hydrogens is 289 g/mol. The first-order chi connectivity index (χ1) is 10.6. The van der Waals surface area contributed by atoms with E-state index in [9.17, 15) is 14.0 Å². The minimum Gasteiger partial charge on any atom is -0.454 e. The molecule has 22 heavy (non-hydrogen) atoms. The van der Waals surface area contributed by atoms with Crippen LogP contribution in [0.15, 0.2) is 53.3 Å². The Bertz CT molecular complexity index is 839. The number of rotatable bonds is 4. The van der Waals surface area contributed by atoms with Crippen LogP contribution in [0, 0.1) is 5.82 Å². The summed E-state index contributed by atoms with van der Waals surface area (Å²) in [7, 11) is 0. The Morgan fingerprint density at radius 3 is 2.59 bits per heavy atom. The van der Waals surface area contributed by atoms with Crippen LogP contribution in [0.3, 0.4) is 0 Å². The van der Waals surface area contributed by atoms with E-state index in [0.29, 0.717) is 11.1 Å². The van der Waals surface area contributed by atoms with Crippen LogP contribution in [0.5, 0.6) is 0 Å². The number of ketones is 1. The lowest BCUT2D eigenvalue weighted by Gasteiger charge is -2.04. The smallest absolute Gasteiger partial charge is 0.338 e. The molecule has 0 unspecified atom stereocenters. The second kappa shape index (κ2) is 5.77. The number of esters is 1. The maximum atomic E-state index is 12.8. The molecule has 0 fully saturated rings. The molecule has 0 atom stereocenters. The van der Waals surface area contributed by atoms with Crippen molar-refractivity contribution in [3.63, 3.8) is 0 Å². The fourth-order valence-corrected chi connectivity index (χ4v) is 1.92. The molecule has 0 aliphatic heterocycles. The third-order valence-corrected chi connectivity index (χ3v) is 3.07. The summed E-state index contributed by atoms with van der Waals surface area (Å²) in [5.41, 5.74) is 1.63. The average Bonchev–Trinajstić information content (AvgIpc) is 3.00. The number of benzene rings is 2. The van der Waals surface area contributed by atoms with Gasteiger partial charge in [0.25, 0.3) is 0 Å². The normalized spacial score (nSPS) is 10.6. The summed E-state index contributed by atoms with van der Waals surface area (Å²) >= 11 is 0. The zero-order valence-electron chi connectivity index (χ0n) is 11.3. The number of fused-ring (bicyclic) bond motifs is 1. The van der Waals surface area contributed by atoms with Crippen LogP contribution in [-0.2, 0) is 4.74 Å². The van der Waals surface area contributed by atoms with Crippen LogP contribution in [0.25, 0.3) is 11.1 Å². The monoisotopic (exact) mass is 299 g/mol. The second-order valence-corrected chi connectivity index (χ2v) is 4.54. The van der Waals surface area contributed by atoms with E-state index in [1.165, 1.54) is 42.8 Å². The molecule has 0 spiro atoms. The van der Waals surface area contributed by atoms with Crippen molar-refractivity contribution < 1.29 is 23.1 Å². The van der Waals surface area contributed by atoms with E-state index in [0.717, 1.165) is 0 Å². The first-order valence-electron chi connectivity index (χ1n) is 6.42. The number of oxazole rings is 1. The van der Waals surface area contributed by atoms with Crippen molar-refractivity contribution in [2.75, 3.05) is 6.61 Å². The Labute approximate surface area is 124 Å². The maximum absolute atomic E-state index is 12.8. The Morgan fingerprint density at radius 1 is 1.09 bits per heavy atom. The molecule has 6 heteroatoms. The summed E-state index contributed by atoms with van der Waals surface area (Å²) in [4.78, 5) is 27.7. The molecular formula is C16H10FNO4. The van der Waals surface area contributed by atoms with Crippen LogP contribution in [0.2, 0.25) is 0 Å². The number of aromatic nitrogens is 1. The van der Waals surface area contributed by atoms with Gasteiger partial charge in [0.1, 0.15) is 11.3 Å². The highest BCUT2D eigenvalue weighted by Gasteiger charge is 2.13. The van der Waals surface area contributed by atoms with Gasteiger partial charge < -0.3 is 9.15 Å². The van der Waals surface area contributed by atoms with Crippen LogP contribution >= 0.6 is 0 Å². The van der Waals surface area contributed by atoms with Crippen molar-refractivity contribution in [3.8, 4) is 0 Å². The molecule has 3 aromatic rings. The number of carbonyl (C=O) groups excluding carboxylic acids is 2. The molecule has 0 N–H and O–H groups in total. The van der Waals surface area contributed by atoms with Gasteiger partial charge in [0.2, 0.25) is 0 Å². The van der Waals surface area contributed by atoms with E-state index in [2.05, 4.69) is 4.98 Å². The van der Waals surface area contributed by atoms with Gasteiger partial charge in [-0.3, -0.25) is 4.79 Å². The number of carbonyl (C=O) groups is 2. The summed E-state index contributed by atoms with van der Waals surface area (Å²) in [6.07, 6.45) is 1.28. The molecule has 1 heterocycles. The van der Waals surface area contributed by atoms with Crippen molar-refractivity contribution in [2.24, 2.45) is 0 Å². The Morgan fingerprint density at radius 2 is 1.82 bits per heavy atom. The van der Waals surface area contributed by atoms with E-state index in [1.54, 1.807) is 6.07 Å². The summed E-state index contributed by atoms with van der Waals surface area (Å²) in [5, 5.41) is 0. The number of nitrogens with zero attached hydrogens (tertiary/aromatic N) is 1. The van der Waals surface area contributed by atoms with Gasteiger partial charge in [-0.1, -0.05) is 0 Å². The van der Waals surface area contributed by atoms with E-state index in [4.69, 9.17) is 9.15 Å². The lowest BCUT2D eigenvalue weighted by atomic mass is 10.1. The van der Waals surface area contributed by atoms with E-state index >= 15 is 0 Å². The minimum absolute atomic E-state index is 0.272. The largest absolute Gasteiger partial charge is 0.454 e. The van der Waals surface area contributed by atoms with Crippen molar-refractivity contribution in [1.82, 2.24) is 4.98 Å². The quantitative estimate of drug-likeness (QED) is 0.547. The molecule has 5 nitrogen and oxygen atoms in total. The number of Topliss-reactive ketones (excluding diaryl/α,β-unsaturated/α-hetero) is 1. The van der Waals surface area contributed by atoms with Crippen molar-refractivity contribution in [2.45, 2.75) is 0 Å². The van der Waals surface area contributed by atoms with Gasteiger partial charge in [0.15, 0.2) is 24.4 Å². The molecule has 0 aliphatic rings. The van der Waals surface area contributed by atoms with E-state index in [1.807, 2.05) is 0 Å². The van der Waals surface area contributed by atoms with Crippen molar-refractivity contribution in [3.05, 3.63) is 65.8 Å². The van der Waals surface area contributed by atoms with Gasteiger partial charge in [-0.25, -0.2) is 14.2 Å². The molecule has 0 amide bonds. The Balaban J connectivity index is 1.66. The Kier molecular flexibility index (Phi) is 3.65. The molecule has 0 aliphatic carbocycles. The van der Waals surface area contributed by atoms with Crippen LogP contribution < -0.4 is 0 Å². The lowest BCUT2D eigenvalue weighted by Crippen LogP contribution is -2.14. The van der Waals surface area contributed by atoms with Crippen molar-refractivity contribution >= 4 is 22.9 Å². The second-order valence-electron chi connectivity index (χ2n) is 4.54. The third-order valence-electron chi connectivity index (χ3n) is 3.07. The zero-order valence-corrected chi connectivity index (χ0v) is 11.3. The van der Waals surface area contributed by atoms with Gasteiger partial charge in [0, 0.05) is 5.56 Å². The summed E-state index contributed by atoms with van der Waals surface area (Å²) in [6.45, 7) is -0.415. The third kappa shape index (κ3) is 2.85. The van der Waals surface area contributed by atoms with Gasteiger partial charge in [0.05, 0.1) is 5.56 Å². The summed E-state index contributed by atoms with van der Waals surface area (Å²) < 4.78 is 22.8. The number of halogens is 1. The fourth-order valence-electron chi connectivity index (χ4n) is 1.92. The maximum Gasteiger partial charge on any atom is 0.338 e. The topological polar surface area (TPSA) is 69.4 Å². The molecule has 110 valence electrons. The number of ether oxygens (including phenoxy) is 1.